The largest absolute Gasteiger partial charge is 0.383 e. The third-order valence-corrected chi connectivity index (χ3v) is 6.01. The first-order chi connectivity index (χ1) is 14.2. The van der Waals surface area contributed by atoms with Crippen molar-refractivity contribution in [2.75, 3.05) is 20.3 Å². The maximum atomic E-state index is 12.5. The van der Waals surface area contributed by atoms with Gasteiger partial charge < -0.3 is 10.1 Å². The molecule has 1 aliphatic heterocycles. The molecule has 0 fully saturated rings. The van der Waals surface area contributed by atoms with Crippen molar-refractivity contribution < 1.29 is 9.53 Å². The lowest BCUT2D eigenvalue weighted by Crippen LogP contribution is -2.26. The van der Waals surface area contributed by atoms with Crippen LogP contribution in [0.2, 0.25) is 5.02 Å². The maximum absolute atomic E-state index is 12.5. The summed E-state index contributed by atoms with van der Waals surface area (Å²) >= 11 is 8.13. The lowest BCUT2D eigenvalue weighted by molar-refractivity contribution is 0.0937. The van der Waals surface area contributed by atoms with Gasteiger partial charge in [0, 0.05) is 45.2 Å². The van der Waals surface area contributed by atoms with Crippen molar-refractivity contribution in [3.63, 3.8) is 0 Å². The van der Waals surface area contributed by atoms with E-state index in [4.69, 9.17) is 21.3 Å². The second-order valence-corrected chi connectivity index (χ2v) is 7.96. The number of carbonyl (C=O) groups is 1. The number of methoxy groups -OCH3 is 1. The monoisotopic (exact) mass is 422 g/mol. The quantitative estimate of drug-likeness (QED) is 0.441. The maximum Gasteiger partial charge on any atom is 0.251 e. The molecule has 4 rings (SSSR count). The Labute approximate surface area is 179 Å². The lowest BCUT2D eigenvalue weighted by atomic mass is 10.0. The Morgan fingerprint density at radius 1 is 1.03 bits per heavy atom. The van der Waals surface area contributed by atoms with Gasteiger partial charge in [-0.05, 0) is 30.3 Å². The van der Waals surface area contributed by atoms with Crippen LogP contribution in [0.1, 0.15) is 21.5 Å². The number of aliphatic imine (C=N–C) groups is 1. The van der Waals surface area contributed by atoms with E-state index in [0.717, 1.165) is 32.3 Å². The van der Waals surface area contributed by atoms with E-state index in [2.05, 4.69) is 17.4 Å². The van der Waals surface area contributed by atoms with Gasteiger partial charge in [0.1, 0.15) is 0 Å². The molecule has 29 heavy (non-hydrogen) atoms. The molecule has 1 aliphatic rings. The summed E-state index contributed by atoms with van der Waals surface area (Å²) in [5, 5.41) is 3.49. The van der Waals surface area contributed by atoms with Crippen molar-refractivity contribution in [1.29, 1.82) is 0 Å². The number of hydrogen-bond donors (Lipinski definition) is 1. The Bertz CT molecular complexity index is 1100. The molecule has 1 N–H and O–H groups in total. The SMILES string of the molecule is COCCNC(=O)c1ccc2c(c1)N=C(c1ccccc1Cl)c1ccccc1S2. The molecule has 0 spiro atoms. The first kappa shape index (κ1) is 19.7. The zero-order valence-electron chi connectivity index (χ0n) is 15.8. The number of amides is 1. The van der Waals surface area contributed by atoms with Gasteiger partial charge in [-0.3, -0.25) is 4.79 Å². The van der Waals surface area contributed by atoms with Crippen LogP contribution >= 0.6 is 23.4 Å². The predicted octanol–water partition coefficient (Wildman–Crippen LogP) is 5.35. The van der Waals surface area contributed by atoms with Gasteiger partial charge in [-0.25, -0.2) is 4.99 Å². The third-order valence-electron chi connectivity index (χ3n) is 4.54. The molecule has 0 saturated carbocycles. The molecule has 0 atom stereocenters. The summed E-state index contributed by atoms with van der Waals surface area (Å²) in [6.07, 6.45) is 0. The molecule has 146 valence electrons. The molecule has 3 aromatic rings. The number of hydrogen-bond acceptors (Lipinski definition) is 4. The number of ether oxygens (including phenoxy) is 1. The van der Waals surface area contributed by atoms with Crippen LogP contribution in [0.3, 0.4) is 0 Å². The summed E-state index contributed by atoms with van der Waals surface area (Å²) in [6, 6.07) is 21.4. The van der Waals surface area contributed by atoms with Gasteiger partial charge in [0.2, 0.25) is 0 Å². The molecule has 0 aromatic heterocycles. The Morgan fingerprint density at radius 2 is 1.79 bits per heavy atom. The average Bonchev–Trinajstić information content (AvgIpc) is 2.90. The number of nitrogens with zero attached hydrogens (tertiary/aromatic N) is 1. The molecule has 4 nitrogen and oxygen atoms in total. The number of rotatable bonds is 5. The van der Waals surface area contributed by atoms with Crippen molar-refractivity contribution in [3.8, 4) is 0 Å². The molecule has 3 aromatic carbocycles. The van der Waals surface area contributed by atoms with E-state index in [1.807, 2.05) is 54.6 Å². The Kier molecular flexibility index (Phi) is 6.00. The van der Waals surface area contributed by atoms with E-state index in [1.165, 1.54) is 0 Å². The fraction of sp³-hybridized carbons (Fsp3) is 0.130. The lowest BCUT2D eigenvalue weighted by Gasteiger charge is -2.10. The van der Waals surface area contributed by atoms with Gasteiger partial charge >= 0.3 is 0 Å². The van der Waals surface area contributed by atoms with Crippen molar-refractivity contribution in [3.05, 3.63) is 88.4 Å². The minimum Gasteiger partial charge on any atom is -0.383 e. The highest BCUT2D eigenvalue weighted by Crippen LogP contribution is 2.42. The van der Waals surface area contributed by atoms with E-state index in [-0.39, 0.29) is 5.91 Å². The zero-order chi connectivity index (χ0) is 20.2. The van der Waals surface area contributed by atoms with Crippen molar-refractivity contribution in [2.45, 2.75) is 9.79 Å². The van der Waals surface area contributed by atoms with Gasteiger partial charge in [0.25, 0.3) is 5.91 Å². The second kappa shape index (κ2) is 8.82. The topological polar surface area (TPSA) is 50.7 Å². The molecular formula is C23H19ClN2O2S. The fourth-order valence-electron chi connectivity index (χ4n) is 3.11. The highest BCUT2D eigenvalue weighted by Gasteiger charge is 2.21. The number of carbonyl (C=O) groups excluding carboxylic acids is 1. The van der Waals surface area contributed by atoms with Gasteiger partial charge in [0.05, 0.1) is 18.0 Å². The van der Waals surface area contributed by atoms with Crippen molar-refractivity contribution in [1.82, 2.24) is 5.32 Å². The van der Waals surface area contributed by atoms with Gasteiger partial charge in [-0.2, -0.15) is 0 Å². The summed E-state index contributed by atoms with van der Waals surface area (Å²) in [5.74, 6) is -0.147. The second-order valence-electron chi connectivity index (χ2n) is 6.47. The standard InChI is InChI=1S/C23H19ClN2O2S/c1-28-13-12-25-23(27)15-10-11-21-19(14-15)26-22(16-6-2-4-8-18(16)24)17-7-3-5-9-20(17)29-21/h2-11,14H,12-13H2,1H3,(H,25,27). The van der Waals surface area contributed by atoms with Gasteiger partial charge in [0.15, 0.2) is 0 Å². The summed E-state index contributed by atoms with van der Waals surface area (Å²) in [6.45, 7) is 0.928. The number of halogens is 1. The number of nitrogens with one attached hydrogen (secondary N) is 1. The summed E-state index contributed by atoms with van der Waals surface area (Å²) in [5.41, 5.74) is 4.00. The molecule has 0 unspecified atom stereocenters. The highest BCUT2D eigenvalue weighted by molar-refractivity contribution is 7.99. The number of fused-ring (bicyclic) bond motifs is 2. The minimum absolute atomic E-state index is 0.147. The van der Waals surface area contributed by atoms with Crippen LogP contribution in [-0.2, 0) is 4.74 Å². The van der Waals surface area contributed by atoms with E-state index >= 15 is 0 Å². The van der Waals surface area contributed by atoms with Gasteiger partial charge in [-0.15, -0.1) is 0 Å². The van der Waals surface area contributed by atoms with Crippen LogP contribution in [0.5, 0.6) is 0 Å². The Morgan fingerprint density at radius 3 is 2.59 bits per heavy atom. The highest BCUT2D eigenvalue weighted by atomic mass is 35.5. The third kappa shape index (κ3) is 4.22. The number of benzene rings is 3. The van der Waals surface area contributed by atoms with Crippen molar-refractivity contribution >= 4 is 40.7 Å². The zero-order valence-corrected chi connectivity index (χ0v) is 17.4. The average molecular weight is 423 g/mol. The molecule has 6 heteroatoms. The summed E-state index contributed by atoms with van der Waals surface area (Å²) in [4.78, 5) is 19.5. The Balaban J connectivity index is 1.81. The van der Waals surface area contributed by atoms with Crippen LogP contribution in [0.4, 0.5) is 5.69 Å². The predicted molar refractivity (Wildman–Crippen MR) is 118 cm³/mol. The van der Waals surface area contributed by atoms with E-state index in [9.17, 15) is 4.79 Å². The van der Waals surface area contributed by atoms with Crippen molar-refractivity contribution in [2.24, 2.45) is 4.99 Å². The van der Waals surface area contributed by atoms with Crippen LogP contribution in [0.25, 0.3) is 0 Å². The molecule has 0 bridgehead atoms. The van der Waals surface area contributed by atoms with Crippen LogP contribution in [0, 0.1) is 0 Å². The first-order valence-corrected chi connectivity index (χ1v) is 10.4. The molecule has 0 radical (unpaired) electrons. The summed E-state index contributed by atoms with van der Waals surface area (Å²) in [7, 11) is 1.61. The van der Waals surface area contributed by atoms with Gasteiger partial charge in [-0.1, -0.05) is 59.8 Å². The minimum atomic E-state index is -0.147. The normalized spacial score (nSPS) is 12.4. The molecule has 1 heterocycles. The van der Waals surface area contributed by atoms with Crippen LogP contribution in [0.15, 0.2) is 81.5 Å². The first-order valence-electron chi connectivity index (χ1n) is 9.19. The fourth-order valence-corrected chi connectivity index (χ4v) is 4.34. The molecule has 0 aliphatic carbocycles. The van der Waals surface area contributed by atoms with E-state index in [0.29, 0.717) is 23.7 Å². The molecule has 1 amide bonds. The van der Waals surface area contributed by atoms with E-state index in [1.54, 1.807) is 18.9 Å². The smallest absolute Gasteiger partial charge is 0.251 e. The van der Waals surface area contributed by atoms with Crippen LogP contribution in [-0.4, -0.2) is 31.9 Å². The molecular weight excluding hydrogens is 404 g/mol. The molecule has 0 saturated heterocycles. The summed E-state index contributed by atoms with van der Waals surface area (Å²) < 4.78 is 4.99. The van der Waals surface area contributed by atoms with E-state index < -0.39 is 0 Å². The van der Waals surface area contributed by atoms with Crippen LogP contribution < -0.4 is 5.32 Å². The Hall–Kier alpha value is -2.60.